The quantitative estimate of drug-likeness (QED) is 0.600. The first-order chi connectivity index (χ1) is 4.86. The van der Waals surface area contributed by atoms with Crippen LogP contribution in [0, 0.1) is 6.07 Å². The maximum Gasteiger partial charge on any atom is 0.120 e. The van der Waals surface area contributed by atoms with E-state index in [9.17, 15) is 0 Å². The van der Waals surface area contributed by atoms with Crippen molar-refractivity contribution in [1.82, 2.24) is 0 Å². The minimum absolute atomic E-state index is 0.817. The third-order valence-corrected chi connectivity index (χ3v) is 1.26. The Morgan fingerprint density at radius 1 is 1.60 bits per heavy atom. The van der Waals surface area contributed by atoms with E-state index >= 15 is 0 Å². The van der Waals surface area contributed by atoms with Gasteiger partial charge in [-0.15, -0.1) is 0 Å². The van der Waals surface area contributed by atoms with Crippen molar-refractivity contribution in [2.24, 2.45) is 0 Å². The third kappa shape index (κ3) is 1.38. The molecule has 51 valence electrons. The van der Waals surface area contributed by atoms with Gasteiger partial charge in [0, 0.05) is 0 Å². The molecule has 1 nitrogen and oxygen atoms in total. The Morgan fingerprint density at radius 2 is 2.40 bits per heavy atom. The molecule has 1 rings (SSSR count). The van der Waals surface area contributed by atoms with Crippen LogP contribution in [0.25, 0.3) is 6.08 Å². The third-order valence-electron chi connectivity index (χ3n) is 1.26. The largest absolute Gasteiger partial charge is 0.497 e. The van der Waals surface area contributed by atoms with E-state index < -0.39 is 0 Å². The minimum Gasteiger partial charge on any atom is -0.497 e. The van der Waals surface area contributed by atoms with Crippen LogP contribution < -0.4 is 4.74 Å². The van der Waals surface area contributed by atoms with Crippen molar-refractivity contribution >= 4 is 6.08 Å². The summed E-state index contributed by atoms with van der Waals surface area (Å²) in [6.07, 6.45) is 1.76. The molecule has 0 aliphatic carbocycles. The summed E-state index contributed by atoms with van der Waals surface area (Å²) in [6.45, 7) is 3.63. The lowest BCUT2D eigenvalue weighted by molar-refractivity contribution is 0.414. The number of hydrogen-bond donors (Lipinski definition) is 0. The molecular formula is C9H9O. The number of benzene rings is 1. The Kier molecular flexibility index (Phi) is 2.11. The topological polar surface area (TPSA) is 9.23 Å². The molecule has 0 N–H and O–H groups in total. The molecule has 1 aromatic rings. The first kappa shape index (κ1) is 6.87. The van der Waals surface area contributed by atoms with Crippen LogP contribution in [0.5, 0.6) is 5.75 Å². The van der Waals surface area contributed by atoms with Crippen molar-refractivity contribution in [3.63, 3.8) is 0 Å². The van der Waals surface area contributed by atoms with E-state index in [0.29, 0.717) is 0 Å². The highest BCUT2D eigenvalue weighted by atomic mass is 16.5. The summed E-state index contributed by atoms with van der Waals surface area (Å²) in [4.78, 5) is 0. The number of methoxy groups -OCH3 is 1. The maximum absolute atomic E-state index is 4.98. The molecule has 0 atom stereocenters. The highest BCUT2D eigenvalue weighted by Crippen LogP contribution is 2.11. The monoisotopic (exact) mass is 133 g/mol. The number of hydrogen-bond acceptors (Lipinski definition) is 1. The van der Waals surface area contributed by atoms with Crippen molar-refractivity contribution in [3.8, 4) is 5.75 Å². The molecule has 0 unspecified atom stereocenters. The zero-order valence-corrected chi connectivity index (χ0v) is 5.92. The Labute approximate surface area is 61.0 Å². The fourth-order valence-corrected chi connectivity index (χ4v) is 0.703. The van der Waals surface area contributed by atoms with Gasteiger partial charge in [-0.1, -0.05) is 12.7 Å². The van der Waals surface area contributed by atoms with Crippen LogP contribution in [0.1, 0.15) is 5.56 Å². The molecule has 0 fully saturated rings. The van der Waals surface area contributed by atoms with E-state index in [1.54, 1.807) is 19.3 Å². The van der Waals surface area contributed by atoms with Gasteiger partial charge in [-0.3, -0.25) is 0 Å². The lowest BCUT2D eigenvalue weighted by Gasteiger charge is -1.98. The standard InChI is InChI=1S/C9H9O/c1-3-8-5-4-6-9(7-8)10-2/h3,5-7H,1H2,2H3. The summed E-state index contributed by atoms with van der Waals surface area (Å²) in [5, 5.41) is 0. The van der Waals surface area contributed by atoms with Gasteiger partial charge in [-0.05, 0) is 29.8 Å². The van der Waals surface area contributed by atoms with Crippen LogP contribution in [0.15, 0.2) is 24.8 Å². The van der Waals surface area contributed by atoms with Crippen LogP contribution in [0.3, 0.4) is 0 Å². The maximum atomic E-state index is 4.98. The normalized spacial score (nSPS) is 8.90. The molecule has 0 bridgehead atoms. The van der Waals surface area contributed by atoms with Gasteiger partial charge in [0.05, 0.1) is 7.11 Å². The molecule has 0 saturated heterocycles. The summed E-state index contributed by atoms with van der Waals surface area (Å²) in [5.74, 6) is 0.817. The van der Waals surface area contributed by atoms with Gasteiger partial charge in [-0.2, -0.15) is 0 Å². The Bertz CT molecular complexity index is 228. The van der Waals surface area contributed by atoms with Crippen LogP contribution in [0.2, 0.25) is 0 Å². The molecule has 0 heterocycles. The van der Waals surface area contributed by atoms with Gasteiger partial charge >= 0.3 is 0 Å². The zero-order chi connectivity index (χ0) is 7.40. The van der Waals surface area contributed by atoms with Gasteiger partial charge < -0.3 is 4.74 Å². The van der Waals surface area contributed by atoms with Gasteiger partial charge in [0.2, 0.25) is 0 Å². The van der Waals surface area contributed by atoms with Gasteiger partial charge in [-0.25, -0.2) is 0 Å². The molecule has 1 aromatic carbocycles. The van der Waals surface area contributed by atoms with Gasteiger partial charge in [0.15, 0.2) is 0 Å². The summed E-state index contributed by atoms with van der Waals surface area (Å²) < 4.78 is 4.98. The molecule has 10 heavy (non-hydrogen) atoms. The fourth-order valence-electron chi connectivity index (χ4n) is 0.703. The first-order valence-corrected chi connectivity index (χ1v) is 3.04. The second-order valence-electron chi connectivity index (χ2n) is 1.91. The van der Waals surface area contributed by atoms with Gasteiger partial charge in [0.1, 0.15) is 5.75 Å². The molecular weight excluding hydrogens is 124 g/mol. The highest BCUT2D eigenvalue weighted by molar-refractivity contribution is 5.49. The molecule has 0 spiro atoms. The molecule has 0 aliphatic rings. The SMILES string of the molecule is C=Cc1c[c]cc(OC)c1. The summed E-state index contributed by atoms with van der Waals surface area (Å²) >= 11 is 0. The summed E-state index contributed by atoms with van der Waals surface area (Å²) in [5.41, 5.74) is 1.03. The average Bonchev–Trinajstić information content (AvgIpc) is 2.05. The molecule has 1 heteroatoms. The average molecular weight is 133 g/mol. The molecule has 0 aliphatic heterocycles. The summed E-state index contributed by atoms with van der Waals surface area (Å²) in [7, 11) is 1.63. The van der Waals surface area contributed by atoms with E-state index in [0.717, 1.165) is 11.3 Å². The fraction of sp³-hybridized carbons (Fsp3) is 0.111. The van der Waals surface area contributed by atoms with Crippen molar-refractivity contribution < 1.29 is 4.74 Å². The smallest absolute Gasteiger partial charge is 0.120 e. The van der Waals surface area contributed by atoms with E-state index in [1.807, 2.05) is 12.1 Å². The van der Waals surface area contributed by atoms with Crippen LogP contribution in [0.4, 0.5) is 0 Å². The molecule has 0 aromatic heterocycles. The number of rotatable bonds is 2. The van der Waals surface area contributed by atoms with E-state index in [2.05, 4.69) is 12.6 Å². The van der Waals surface area contributed by atoms with E-state index in [4.69, 9.17) is 4.74 Å². The van der Waals surface area contributed by atoms with Crippen LogP contribution in [-0.2, 0) is 0 Å². The minimum atomic E-state index is 0.817. The van der Waals surface area contributed by atoms with Crippen molar-refractivity contribution in [1.29, 1.82) is 0 Å². The van der Waals surface area contributed by atoms with Crippen LogP contribution >= 0.6 is 0 Å². The molecule has 0 saturated carbocycles. The van der Waals surface area contributed by atoms with Crippen LogP contribution in [-0.4, -0.2) is 7.11 Å². The second kappa shape index (κ2) is 3.06. The van der Waals surface area contributed by atoms with Gasteiger partial charge in [0.25, 0.3) is 0 Å². The van der Waals surface area contributed by atoms with E-state index in [-0.39, 0.29) is 0 Å². The van der Waals surface area contributed by atoms with Crippen molar-refractivity contribution in [2.45, 2.75) is 0 Å². The predicted octanol–water partition coefficient (Wildman–Crippen LogP) is 2.14. The Hall–Kier alpha value is -1.24. The Balaban J connectivity index is 2.98. The lowest BCUT2D eigenvalue weighted by atomic mass is 10.2. The highest BCUT2D eigenvalue weighted by Gasteiger charge is 1.89. The number of ether oxygens (including phenoxy) is 1. The zero-order valence-electron chi connectivity index (χ0n) is 5.92. The summed E-state index contributed by atoms with van der Waals surface area (Å²) in [6, 6.07) is 8.48. The van der Waals surface area contributed by atoms with E-state index in [1.165, 1.54) is 0 Å². The molecule has 1 radical (unpaired) electrons. The Morgan fingerprint density at radius 3 is 3.00 bits per heavy atom. The van der Waals surface area contributed by atoms with Crippen molar-refractivity contribution in [2.75, 3.05) is 7.11 Å². The van der Waals surface area contributed by atoms with Crippen molar-refractivity contribution in [3.05, 3.63) is 36.4 Å². The predicted molar refractivity (Wildman–Crippen MR) is 41.9 cm³/mol. The lowest BCUT2D eigenvalue weighted by Crippen LogP contribution is -1.81. The second-order valence-corrected chi connectivity index (χ2v) is 1.91. The molecule has 0 amide bonds. The first-order valence-electron chi connectivity index (χ1n) is 3.04.